The summed E-state index contributed by atoms with van der Waals surface area (Å²) in [6.45, 7) is 10.1. The van der Waals surface area contributed by atoms with Gasteiger partial charge in [-0.25, -0.2) is 0 Å². The monoisotopic (exact) mass is 524 g/mol. The normalized spacial score (nSPS) is 12.1. The second-order valence-electron chi connectivity index (χ2n) is 11.5. The van der Waals surface area contributed by atoms with Crippen molar-refractivity contribution in [3.8, 4) is 0 Å². The lowest BCUT2D eigenvalue weighted by atomic mass is 9.86. The Labute approximate surface area is 231 Å². The molecule has 0 saturated carbocycles. The summed E-state index contributed by atoms with van der Waals surface area (Å²) in [6, 6.07) is 0. The average molecular weight is 525 g/mol. The third-order valence-corrected chi connectivity index (χ3v) is 7.64. The molecule has 1 atom stereocenters. The van der Waals surface area contributed by atoms with Gasteiger partial charge in [-0.3, -0.25) is 9.59 Å². The molecule has 0 aliphatic heterocycles. The Morgan fingerprint density at radius 2 is 0.892 bits per heavy atom. The van der Waals surface area contributed by atoms with Crippen LogP contribution in [0.1, 0.15) is 175 Å². The second-order valence-corrected chi connectivity index (χ2v) is 11.5. The van der Waals surface area contributed by atoms with Crippen LogP contribution in [0.5, 0.6) is 0 Å². The first-order chi connectivity index (χ1) is 18.0. The minimum Gasteiger partial charge on any atom is -0.466 e. The number of unbranched alkanes of at least 4 members (excludes halogenated alkanes) is 16. The minimum atomic E-state index is -0.00840. The summed E-state index contributed by atoms with van der Waals surface area (Å²) < 4.78 is 10.6. The van der Waals surface area contributed by atoms with Gasteiger partial charge in [-0.15, -0.1) is 0 Å². The molecular weight excluding hydrogens is 460 g/mol. The molecule has 0 spiro atoms. The molecule has 0 fully saturated rings. The Balaban J connectivity index is 3.46. The van der Waals surface area contributed by atoms with E-state index in [1.54, 1.807) is 0 Å². The van der Waals surface area contributed by atoms with Gasteiger partial charge in [0.25, 0.3) is 0 Å². The van der Waals surface area contributed by atoms with Crippen LogP contribution in [0.25, 0.3) is 0 Å². The third-order valence-electron chi connectivity index (χ3n) is 7.64. The van der Waals surface area contributed by atoms with Crippen molar-refractivity contribution in [2.24, 2.45) is 11.8 Å². The van der Waals surface area contributed by atoms with E-state index >= 15 is 0 Å². The van der Waals surface area contributed by atoms with E-state index in [0.29, 0.717) is 37.9 Å². The quantitative estimate of drug-likeness (QED) is 0.0754. The summed E-state index contributed by atoms with van der Waals surface area (Å²) >= 11 is 0. The van der Waals surface area contributed by atoms with Crippen LogP contribution in [-0.4, -0.2) is 25.2 Å². The summed E-state index contributed by atoms with van der Waals surface area (Å²) in [4.78, 5) is 23.6. The molecule has 220 valence electrons. The molecule has 37 heavy (non-hydrogen) atoms. The van der Waals surface area contributed by atoms with Gasteiger partial charge in [0.05, 0.1) is 13.2 Å². The highest BCUT2D eigenvalue weighted by Gasteiger charge is 2.15. The van der Waals surface area contributed by atoms with Gasteiger partial charge in [0.15, 0.2) is 0 Å². The summed E-state index contributed by atoms with van der Waals surface area (Å²) in [7, 11) is 0. The first kappa shape index (κ1) is 35.9. The molecule has 0 heterocycles. The van der Waals surface area contributed by atoms with E-state index < -0.39 is 0 Å². The SMILES string of the molecule is CCCCCOC(=O)CCCCCCCCCCCCCCCC(CCC(=O)OCCCCC)C(C)C. The van der Waals surface area contributed by atoms with Gasteiger partial charge in [-0.2, -0.15) is 0 Å². The topological polar surface area (TPSA) is 52.6 Å². The summed E-state index contributed by atoms with van der Waals surface area (Å²) in [5.41, 5.74) is 0. The number of ether oxygens (including phenoxy) is 2. The second kappa shape index (κ2) is 28.0. The Kier molecular flexibility index (Phi) is 27.2. The number of rotatable bonds is 28. The molecular formula is C33H64O4. The molecule has 0 bridgehead atoms. The van der Waals surface area contributed by atoms with Crippen LogP contribution in [0.4, 0.5) is 0 Å². The molecule has 0 aliphatic rings. The summed E-state index contributed by atoms with van der Waals surface area (Å²) in [5, 5.41) is 0. The maximum Gasteiger partial charge on any atom is 0.305 e. The Morgan fingerprint density at radius 3 is 1.32 bits per heavy atom. The standard InChI is InChI=1S/C33H64O4/c1-5-7-22-28-36-32(34)25-21-19-17-15-13-11-9-10-12-14-16-18-20-24-31(30(3)4)26-27-33(35)37-29-23-8-6-2/h30-31H,5-29H2,1-4H3. The van der Waals surface area contributed by atoms with Crippen LogP contribution in [0.3, 0.4) is 0 Å². The van der Waals surface area contributed by atoms with Gasteiger partial charge in [0.1, 0.15) is 0 Å². The van der Waals surface area contributed by atoms with Crippen molar-refractivity contribution in [2.45, 2.75) is 175 Å². The summed E-state index contributed by atoms with van der Waals surface area (Å²) in [5.74, 6) is 1.28. The molecule has 0 rings (SSSR count). The van der Waals surface area contributed by atoms with Crippen molar-refractivity contribution in [1.82, 2.24) is 0 Å². The number of carbonyl (C=O) groups excluding carboxylic acids is 2. The van der Waals surface area contributed by atoms with Gasteiger partial charge in [0.2, 0.25) is 0 Å². The van der Waals surface area contributed by atoms with E-state index in [0.717, 1.165) is 51.4 Å². The number of esters is 2. The number of hydrogen-bond acceptors (Lipinski definition) is 4. The number of hydrogen-bond donors (Lipinski definition) is 0. The number of carbonyl (C=O) groups is 2. The van der Waals surface area contributed by atoms with Crippen LogP contribution in [0.15, 0.2) is 0 Å². The molecule has 4 heteroatoms. The first-order valence-electron chi connectivity index (χ1n) is 16.3. The van der Waals surface area contributed by atoms with E-state index in [-0.39, 0.29) is 11.9 Å². The fraction of sp³-hybridized carbons (Fsp3) is 0.939. The molecule has 1 unspecified atom stereocenters. The molecule has 0 radical (unpaired) electrons. The Hall–Kier alpha value is -1.06. The van der Waals surface area contributed by atoms with Crippen LogP contribution >= 0.6 is 0 Å². The van der Waals surface area contributed by atoms with Crippen molar-refractivity contribution in [3.05, 3.63) is 0 Å². The van der Waals surface area contributed by atoms with Crippen molar-refractivity contribution >= 4 is 11.9 Å². The Morgan fingerprint density at radius 1 is 0.486 bits per heavy atom. The third kappa shape index (κ3) is 26.3. The zero-order valence-electron chi connectivity index (χ0n) is 25.5. The van der Waals surface area contributed by atoms with Gasteiger partial charge >= 0.3 is 11.9 Å². The predicted octanol–water partition coefficient (Wildman–Crippen LogP) is 10.4. The molecule has 0 aromatic rings. The smallest absolute Gasteiger partial charge is 0.305 e. The highest BCUT2D eigenvalue weighted by Crippen LogP contribution is 2.24. The lowest BCUT2D eigenvalue weighted by Gasteiger charge is -2.20. The van der Waals surface area contributed by atoms with Crippen LogP contribution in [0, 0.1) is 11.8 Å². The van der Waals surface area contributed by atoms with E-state index in [4.69, 9.17) is 9.47 Å². The summed E-state index contributed by atoms with van der Waals surface area (Å²) in [6.07, 6.45) is 26.9. The molecule has 0 aliphatic carbocycles. The maximum absolute atomic E-state index is 12.0. The lowest BCUT2D eigenvalue weighted by molar-refractivity contribution is -0.145. The van der Waals surface area contributed by atoms with Crippen molar-refractivity contribution in [1.29, 1.82) is 0 Å². The molecule has 0 aromatic carbocycles. The average Bonchev–Trinajstić information content (AvgIpc) is 2.88. The van der Waals surface area contributed by atoms with Gasteiger partial charge in [0, 0.05) is 12.8 Å². The fourth-order valence-electron chi connectivity index (χ4n) is 4.96. The molecule has 0 N–H and O–H groups in total. The largest absolute Gasteiger partial charge is 0.466 e. The molecule has 0 aromatic heterocycles. The van der Waals surface area contributed by atoms with Gasteiger partial charge in [-0.1, -0.05) is 137 Å². The zero-order chi connectivity index (χ0) is 27.4. The van der Waals surface area contributed by atoms with Crippen molar-refractivity contribution in [3.63, 3.8) is 0 Å². The van der Waals surface area contributed by atoms with Crippen LogP contribution in [0.2, 0.25) is 0 Å². The lowest BCUT2D eigenvalue weighted by Crippen LogP contribution is -2.13. The van der Waals surface area contributed by atoms with Crippen molar-refractivity contribution in [2.75, 3.05) is 13.2 Å². The van der Waals surface area contributed by atoms with E-state index in [1.807, 2.05) is 0 Å². The maximum atomic E-state index is 12.0. The fourth-order valence-corrected chi connectivity index (χ4v) is 4.96. The molecule has 0 saturated heterocycles. The van der Waals surface area contributed by atoms with Gasteiger partial charge in [-0.05, 0) is 37.5 Å². The van der Waals surface area contributed by atoms with E-state index in [1.165, 1.54) is 83.5 Å². The van der Waals surface area contributed by atoms with Crippen LogP contribution in [-0.2, 0) is 19.1 Å². The molecule has 0 amide bonds. The Bertz CT molecular complexity index is 503. The molecule has 4 nitrogen and oxygen atoms in total. The highest BCUT2D eigenvalue weighted by molar-refractivity contribution is 5.69. The van der Waals surface area contributed by atoms with Crippen LogP contribution < -0.4 is 0 Å². The van der Waals surface area contributed by atoms with Gasteiger partial charge < -0.3 is 9.47 Å². The zero-order valence-corrected chi connectivity index (χ0v) is 25.5. The minimum absolute atomic E-state index is 0.00292. The van der Waals surface area contributed by atoms with E-state index in [2.05, 4.69) is 27.7 Å². The van der Waals surface area contributed by atoms with E-state index in [9.17, 15) is 9.59 Å². The highest BCUT2D eigenvalue weighted by atomic mass is 16.5. The first-order valence-corrected chi connectivity index (χ1v) is 16.3. The predicted molar refractivity (Wildman–Crippen MR) is 158 cm³/mol. The van der Waals surface area contributed by atoms with Crippen molar-refractivity contribution < 1.29 is 19.1 Å².